The molecule has 1 heterocycles. The SMILES string of the molecule is Cc1cc(CNc2ccc3c4c(cccc24)CC3)no1. The zero-order chi connectivity index (χ0) is 13.5. The lowest BCUT2D eigenvalue weighted by Gasteiger charge is -2.10. The van der Waals surface area contributed by atoms with Gasteiger partial charge in [0, 0.05) is 17.1 Å². The monoisotopic (exact) mass is 264 g/mol. The first kappa shape index (κ1) is 11.5. The normalized spacial score (nSPS) is 13.1. The molecular formula is C17H16N2O. The third kappa shape index (κ3) is 1.78. The van der Waals surface area contributed by atoms with Crippen LogP contribution in [-0.2, 0) is 19.4 Å². The molecule has 1 aliphatic rings. The first-order chi connectivity index (χ1) is 9.81. The Hall–Kier alpha value is -2.29. The van der Waals surface area contributed by atoms with Crippen LogP contribution in [0.25, 0.3) is 10.8 Å². The van der Waals surface area contributed by atoms with Crippen LogP contribution in [0, 0.1) is 6.92 Å². The van der Waals surface area contributed by atoms with Crippen molar-refractivity contribution in [1.82, 2.24) is 5.16 Å². The van der Waals surface area contributed by atoms with E-state index in [4.69, 9.17) is 4.52 Å². The molecule has 3 aromatic rings. The van der Waals surface area contributed by atoms with Crippen LogP contribution in [0.15, 0.2) is 40.9 Å². The van der Waals surface area contributed by atoms with E-state index in [1.807, 2.05) is 13.0 Å². The maximum atomic E-state index is 5.10. The van der Waals surface area contributed by atoms with Gasteiger partial charge in [-0.15, -0.1) is 0 Å². The van der Waals surface area contributed by atoms with Crippen LogP contribution >= 0.6 is 0 Å². The molecular weight excluding hydrogens is 248 g/mol. The van der Waals surface area contributed by atoms with Crippen LogP contribution < -0.4 is 5.32 Å². The summed E-state index contributed by atoms with van der Waals surface area (Å²) in [5.74, 6) is 0.849. The quantitative estimate of drug-likeness (QED) is 0.781. The zero-order valence-electron chi connectivity index (χ0n) is 11.4. The van der Waals surface area contributed by atoms with Crippen molar-refractivity contribution in [3.05, 3.63) is 59.0 Å². The Morgan fingerprint density at radius 2 is 2.00 bits per heavy atom. The average molecular weight is 264 g/mol. The second-order valence-electron chi connectivity index (χ2n) is 5.39. The van der Waals surface area contributed by atoms with Gasteiger partial charge in [-0.25, -0.2) is 0 Å². The lowest BCUT2D eigenvalue weighted by Crippen LogP contribution is -2.00. The van der Waals surface area contributed by atoms with Crippen molar-refractivity contribution in [3.63, 3.8) is 0 Å². The summed E-state index contributed by atoms with van der Waals surface area (Å²) in [7, 11) is 0. The summed E-state index contributed by atoms with van der Waals surface area (Å²) in [5.41, 5.74) is 5.05. The molecule has 4 rings (SSSR count). The van der Waals surface area contributed by atoms with Crippen molar-refractivity contribution < 1.29 is 4.52 Å². The minimum absolute atomic E-state index is 0.690. The van der Waals surface area contributed by atoms with Crippen LogP contribution in [0.1, 0.15) is 22.6 Å². The van der Waals surface area contributed by atoms with Gasteiger partial charge in [0.2, 0.25) is 0 Å². The molecule has 0 atom stereocenters. The van der Waals surface area contributed by atoms with Gasteiger partial charge in [0.1, 0.15) is 11.5 Å². The van der Waals surface area contributed by atoms with E-state index >= 15 is 0 Å². The van der Waals surface area contributed by atoms with E-state index < -0.39 is 0 Å². The molecule has 0 bridgehead atoms. The maximum Gasteiger partial charge on any atom is 0.133 e. The maximum absolute atomic E-state index is 5.10. The minimum atomic E-state index is 0.690. The molecule has 2 aromatic carbocycles. The van der Waals surface area contributed by atoms with Crippen molar-refractivity contribution >= 4 is 16.5 Å². The molecule has 1 aliphatic carbocycles. The van der Waals surface area contributed by atoms with Gasteiger partial charge < -0.3 is 9.84 Å². The Bertz CT molecular complexity index is 779. The summed E-state index contributed by atoms with van der Waals surface area (Å²) in [6.07, 6.45) is 2.33. The van der Waals surface area contributed by atoms with Gasteiger partial charge in [0.15, 0.2) is 0 Å². The van der Waals surface area contributed by atoms with E-state index in [9.17, 15) is 0 Å². The molecule has 0 aliphatic heterocycles. The fraction of sp³-hybridized carbons (Fsp3) is 0.235. The van der Waals surface area contributed by atoms with Crippen molar-refractivity contribution in [2.24, 2.45) is 0 Å². The highest BCUT2D eigenvalue weighted by Crippen LogP contribution is 2.35. The van der Waals surface area contributed by atoms with Crippen LogP contribution in [0.5, 0.6) is 0 Å². The van der Waals surface area contributed by atoms with Crippen molar-refractivity contribution in [3.8, 4) is 0 Å². The lowest BCUT2D eigenvalue weighted by atomic mass is 10.0. The van der Waals surface area contributed by atoms with Crippen molar-refractivity contribution in [2.45, 2.75) is 26.3 Å². The first-order valence-electron chi connectivity index (χ1n) is 7.01. The fourth-order valence-corrected chi connectivity index (χ4v) is 3.09. The van der Waals surface area contributed by atoms with Gasteiger partial charge in [0.05, 0.1) is 6.54 Å². The molecule has 0 amide bonds. The van der Waals surface area contributed by atoms with E-state index in [0.29, 0.717) is 6.54 Å². The number of nitrogens with one attached hydrogen (secondary N) is 1. The van der Waals surface area contributed by atoms with Crippen molar-refractivity contribution in [2.75, 3.05) is 5.32 Å². The Morgan fingerprint density at radius 3 is 2.80 bits per heavy atom. The average Bonchev–Trinajstić information content (AvgIpc) is 3.06. The van der Waals surface area contributed by atoms with Gasteiger partial charge in [-0.05, 0) is 42.3 Å². The van der Waals surface area contributed by atoms with E-state index in [1.54, 1.807) is 0 Å². The summed E-state index contributed by atoms with van der Waals surface area (Å²) in [4.78, 5) is 0. The number of benzene rings is 2. The van der Waals surface area contributed by atoms with Gasteiger partial charge in [-0.3, -0.25) is 0 Å². The molecule has 3 heteroatoms. The van der Waals surface area contributed by atoms with Crippen LogP contribution in [-0.4, -0.2) is 5.16 Å². The van der Waals surface area contributed by atoms with Gasteiger partial charge in [-0.2, -0.15) is 0 Å². The number of nitrogens with zero attached hydrogens (tertiary/aromatic N) is 1. The topological polar surface area (TPSA) is 38.1 Å². The van der Waals surface area contributed by atoms with Gasteiger partial charge in [-0.1, -0.05) is 29.4 Å². The van der Waals surface area contributed by atoms with E-state index in [-0.39, 0.29) is 0 Å². The molecule has 0 radical (unpaired) electrons. The highest BCUT2D eigenvalue weighted by molar-refractivity contribution is 5.99. The second-order valence-corrected chi connectivity index (χ2v) is 5.39. The van der Waals surface area contributed by atoms with Gasteiger partial charge in [0.25, 0.3) is 0 Å². The molecule has 0 unspecified atom stereocenters. The number of hydrogen-bond acceptors (Lipinski definition) is 3. The van der Waals surface area contributed by atoms with Crippen LogP contribution in [0.2, 0.25) is 0 Å². The van der Waals surface area contributed by atoms with E-state index in [0.717, 1.165) is 11.5 Å². The third-order valence-electron chi connectivity index (χ3n) is 4.01. The number of rotatable bonds is 3. The Kier molecular flexibility index (Phi) is 2.52. The van der Waals surface area contributed by atoms with Gasteiger partial charge >= 0.3 is 0 Å². The summed E-state index contributed by atoms with van der Waals surface area (Å²) < 4.78 is 5.10. The van der Waals surface area contributed by atoms with E-state index in [2.05, 4.69) is 40.8 Å². The highest BCUT2D eigenvalue weighted by atomic mass is 16.5. The minimum Gasteiger partial charge on any atom is -0.379 e. The molecule has 0 spiro atoms. The predicted octanol–water partition coefficient (Wildman–Crippen LogP) is 3.85. The zero-order valence-corrected chi connectivity index (χ0v) is 11.4. The molecule has 100 valence electrons. The largest absolute Gasteiger partial charge is 0.379 e. The predicted molar refractivity (Wildman–Crippen MR) is 79.9 cm³/mol. The number of aryl methyl sites for hydroxylation is 3. The molecule has 0 fully saturated rings. The molecule has 3 nitrogen and oxygen atoms in total. The Labute approximate surface area is 117 Å². The summed E-state index contributed by atoms with van der Waals surface area (Å²) in [5, 5.41) is 10.3. The smallest absolute Gasteiger partial charge is 0.133 e. The molecule has 1 aromatic heterocycles. The summed E-state index contributed by atoms with van der Waals surface area (Å²) in [6.45, 7) is 2.60. The Morgan fingerprint density at radius 1 is 1.15 bits per heavy atom. The number of aromatic nitrogens is 1. The van der Waals surface area contributed by atoms with Crippen LogP contribution in [0.3, 0.4) is 0 Å². The Balaban J connectivity index is 1.70. The number of hydrogen-bond donors (Lipinski definition) is 1. The van der Waals surface area contributed by atoms with Crippen LogP contribution in [0.4, 0.5) is 5.69 Å². The molecule has 0 saturated carbocycles. The first-order valence-corrected chi connectivity index (χ1v) is 7.01. The second kappa shape index (κ2) is 4.37. The lowest BCUT2D eigenvalue weighted by molar-refractivity contribution is 0.391. The fourth-order valence-electron chi connectivity index (χ4n) is 3.09. The van der Waals surface area contributed by atoms with E-state index in [1.165, 1.54) is 40.4 Å². The molecule has 0 saturated heterocycles. The summed E-state index contributed by atoms with van der Waals surface area (Å²) >= 11 is 0. The standard InChI is InChI=1S/C17H16N2O/c1-11-9-14(19-20-11)10-18-16-8-7-13-6-5-12-3-2-4-15(16)17(12)13/h2-4,7-9,18H,5-6,10H2,1H3. The third-order valence-corrected chi connectivity index (χ3v) is 4.01. The highest BCUT2D eigenvalue weighted by Gasteiger charge is 2.15. The molecule has 1 N–H and O–H groups in total. The summed E-state index contributed by atoms with van der Waals surface area (Å²) in [6, 6.07) is 13.0. The van der Waals surface area contributed by atoms with Crippen molar-refractivity contribution in [1.29, 1.82) is 0 Å². The number of anilines is 1. The molecule has 20 heavy (non-hydrogen) atoms.